The van der Waals surface area contributed by atoms with Crippen LogP contribution in [-0.2, 0) is 11.2 Å². The topological polar surface area (TPSA) is 41.5 Å². The van der Waals surface area contributed by atoms with Crippen LogP contribution in [0, 0.1) is 5.92 Å². The zero-order chi connectivity index (χ0) is 17.6. The lowest BCUT2D eigenvalue weighted by Gasteiger charge is -2.10. The zero-order valence-corrected chi connectivity index (χ0v) is 14.8. The Balaban J connectivity index is 1.85. The monoisotopic (exact) mass is 332 g/mol. The SMILES string of the molecule is CCC(C)C(=O)NC1=NC(Cc2ccccc2)=C(c2ccccc2)C1. The van der Waals surface area contributed by atoms with Crippen LogP contribution in [0.4, 0.5) is 0 Å². The second-order valence-electron chi connectivity index (χ2n) is 6.49. The number of amidine groups is 1. The smallest absolute Gasteiger partial charge is 0.228 e. The number of nitrogens with one attached hydrogen (secondary N) is 1. The zero-order valence-electron chi connectivity index (χ0n) is 14.8. The molecular weight excluding hydrogens is 308 g/mol. The minimum absolute atomic E-state index is 0.000971. The summed E-state index contributed by atoms with van der Waals surface area (Å²) in [5.74, 6) is 0.811. The van der Waals surface area contributed by atoms with Gasteiger partial charge in [-0.2, -0.15) is 0 Å². The van der Waals surface area contributed by atoms with Gasteiger partial charge in [-0.15, -0.1) is 0 Å². The van der Waals surface area contributed by atoms with E-state index >= 15 is 0 Å². The molecule has 1 aliphatic heterocycles. The second kappa shape index (κ2) is 7.93. The number of hydrogen-bond donors (Lipinski definition) is 1. The van der Waals surface area contributed by atoms with Gasteiger partial charge in [0.2, 0.25) is 5.91 Å². The normalized spacial score (nSPS) is 15.0. The third-order valence-corrected chi connectivity index (χ3v) is 4.63. The predicted molar refractivity (Wildman–Crippen MR) is 103 cm³/mol. The van der Waals surface area contributed by atoms with Gasteiger partial charge in [0.1, 0.15) is 5.84 Å². The van der Waals surface area contributed by atoms with Crippen molar-refractivity contribution in [2.24, 2.45) is 10.9 Å². The summed E-state index contributed by atoms with van der Waals surface area (Å²) >= 11 is 0. The first-order valence-electron chi connectivity index (χ1n) is 8.87. The molecule has 1 amide bonds. The number of nitrogens with zero attached hydrogens (tertiary/aromatic N) is 1. The van der Waals surface area contributed by atoms with Gasteiger partial charge in [0.15, 0.2) is 0 Å². The average Bonchev–Trinajstić information content (AvgIpc) is 3.04. The van der Waals surface area contributed by atoms with Crippen molar-refractivity contribution in [3.05, 3.63) is 77.5 Å². The van der Waals surface area contributed by atoms with E-state index < -0.39 is 0 Å². The first-order chi connectivity index (χ1) is 12.2. The van der Waals surface area contributed by atoms with E-state index in [2.05, 4.69) is 29.6 Å². The molecule has 128 valence electrons. The van der Waals surface area contributed by atoms with Crippen LogP contribution in [0.3, 0.4) is 0 Å². The summed E-state index contributed by atoms with van der Waals surface area (Å²) in [5.41, 5.74) is 4.63. The Hall–Kier alpha value is -2.68. The Morgan fingerprint density at radius 2 is 1.72 bits per heavy atom. The maximum atomic E-state index is 12.2. The van der Waals surface area contributed by atoms with E-state index in [1.54, 1.807) is 0 Å². The first-order valence-corrected chi connectivity index (χ1v) is 8.87. The van der Waals surface area contributed by atoms with Crippen LogP contribution in [0.25, 0.3) is 5.57 Å². The number of benzene rings is 2. The minimum atomic E-state index is 0.000971. The van der Waals surface area contributed by atoms with Gasteiger partial charge in [0.25, 0.3) is 0 Å². The average molecular weight is 332 g/mol. The second-order valence-corrected chi connectivity index (χ2v) is 6.49. The molecule has 1 aliphatic rings. The highest BCUT2D eigenvalue weighted by molar-refractivity contribution is 6.06. The summed E-state index contributed by atoms with van der Waals surface area (Å²) in [7, 11) is 0. The van der Waals surface area contributed by atoms with Gasteiger partial charge >= 0.3 is 0 Å². The molecule has 3 nitrogen and oxygen atoms in total. The Morgan fingerprint density at radius 3 is 2.36 bits per heavy atom. The molecule has 1 N–H and O–H groups in total. The summed E-state index contributed by atoms with van der Waals surface area (Å²) in [6.45, 7) is 3.97. The fourth-order valence-electron chi connectivity index (χ4n) is 2.91. The first kappa shape index (κ1) is 17.2. The highest BCUT2D eigenvalue weighted by Gasteiger charge is 2.22. The molecule has 1 atom stereocenters. The van der Waals surface area contributed by atoms with E-state index in [4.69, 9.17) is 4.99 Å². The Labute approximate surface area is 149 Å². The molecule has 1 unspecified atom stereocenters. The highest BCUT2D eigenvalue weighted by atomic mass is 16.1. The standard InChI is InChI=1S/C22H24N2O/c1-3-16(2)22(25)24-21-15-19(18-12-8-5-9-13-18)20(23-21)14-17-10-6-4-7-11-17/h4-13,16H,3,14-15H2,1-2H3,(H,23,24,25). The summed E-state index contributed by atoms with van der Waals surface area (Å²) in [6.07, 6.45) is 2.27. The number of allylic oxidation sites excluding steroid dienone is 1. The predicted octanol–water partition coefficient (Wildman–Crippen LogP) is 4.60. The molecule has 0 saturated heterocycles. The molecule has 3 heteroatoms. The van der Waals surface area contributed by atoms with Crippen LogP contribution in [-0.4, -0.2) is 11.7 Å². The molecule has 0 aromatic heterocycles. The van der Waals surface area contributed by atoms with Gasteiger partial charge in [-0.05, 0) is 23.1 Å². The maximum Gasteiger partial charge on any atom is 0.228 e. The molecule has 25 heavy (non-hydrogen) atoms. The van der Waals surface area contributed by atoms with Gasteiger partial charge in [-0.3, -0.25) is 4.79 Å². The largest absolute Gasteiger partial charge is 0.314 e. The quantitative estimate of drug-likeness (QED) is 0.854. The van der Waals surface area contributed by atoms with E-state index in [1.807, 2.05) is 50.2 Å². The van der Waals surface area contributed by atoms with Crippen molar-refractivity contribution in [2.45, 2.75) is 33.1 Å². The third kappa shape index (κ3) is 4.24. The fourth-order valence-corrected chi connectivity index (χ4v) is 2.91. The van der Waals surface area contributed by atoms with Crippen LogP contribution in [0.2, 0.25) is 0 Å². The van der Waals surface area contributed by atoms with Gasteiger partial charge in [0, 0.05) is 18.8 Å². The van der Waals surface area contributed by atoms with E-state index in [0.717, 1.165) is 24.4 Å². The van der Waals surface area contributed by atoms with Crippen LogP contribution in [0.1, 0.15) is 37.8 Å². The van der Waals surface area contributed by atoms with Crippen LogP contribution < -0.4 is 5.32 Å². The fraction of sp³-hybridized carbons (Fsp3) is 0.273. The number of aliphatic imine (C=N–C) groups is 1. The van der Waals surface area contributed by atoms with Gasteiger partial charge in [-0.1, -0.05) is 74.5 Å². The summed E-state index contributed by atoms with van der Waals surface area (Å²) < 4.78 is 0. The third-order valence-electron chi connectivity index (χ3n) is 4.63. The van der Waals surface area contributed by atoms with Crippen molar-refractivity contribution in [3.63, 3.8) is 0 Å². The number of carbonyl (C=O) groups is 1. The Bertz CT molecular complexity index is 791. The molecule has 0 radical (unpaired) electrons. The van der Waals surface area contributed by atoms with E-state index in [9.17, 15) is 4.79 Å². The van der Waals surface area contributed by atoms with Crippen molar-refractivity contribution in [1.82, 2.24) is 5.32 Å². The molecule has 0 spiro atoms. The molecule has 1 heterocycles. The molecule has 2 aromatic rings. The number of rotatable bonds is 5. The van der Waals surface area contributed by atoms with Gasteiger partial charge in [0.05, 0.1) is 5.70 Å². The number of amides is 1. The Kier molecular flexibility index (Phi) is 5.44. The Morgan fingerprint density at radius 1 is 1.08 bits per heavy atom. The molecule has 0 aliphatic carbocycles. The van der Waals surface area contributed by atoms with Crippen LogP contribution in [0.15, 0.2) is 71.4 Å². The molecule has 0 fully saturated rings. The van der Waals surface area contributed by atoms with Crippen molar-refractivity contribution >= 4 is 17.3 Å². The van der Waals surface area contributed by atoms with Gasteiger partial charge in [-0.25, -0.2) is 4.99 Å². The minimum Gasteiger partial charge on any atom is -0.314 e. The number of carbonyl (C=O) groups excluding carboxylic acids is 1. The molecule has 0 saturated carbocycles. The van der Waals surface area contributed by atoms with Crippen molar-refractivity contribution in [3.8, 4) is 0 Å². The van der Waals surface area contributed by atoms with E-state index in [1.165, 1.54) is 16.7 Å². The lowest BCUT2D eigenvalue weighted by molar-refractivity contribution is -0.123. The van der Waals surface area contributed by atoms with Crippen molar-refractivity contribution < 1.29 is 4.79 Å². The van der Waals surface area contributed by atoms with Crippen LogP contribution >= 0.6 is 0 Å². The molecular formula is C22H24N2O. The van der Waals surface area contributed by atoms with Crippen LogP contribution in [0.5, 0.6) is 0 Å². The maximum absolute atomic E-state index is 12.2. The molecule has 2 aromatic carbocycles. The summed E-state index contributed by atoms with van der Waals surface area (Å²) in [5, 5.41) is 3.01. The summed E-state index contributed by atoms with van der Waals surface area (Å²) in [6, 6.07) is 20.6. The molecule has 3 rings (SSSR count). The number of hydrogen-bond acceptors (Lipinski definition) is 2. The highest BCUT2D eigenvalue weighted by Crippen LogP contribution is 2.30. The van der Waals surface area contributed by atoms with Gasteiger partial charge < -0.3 is 5.32 Å². The summed E-state index contributed by atoms with van der Waals surface area (Å²) in [4.78, 5) is 17.0. The lowest BCUT2D eigenvalue weighted by Crippen LogP contribution is -2.33. The van der Waals surface area contributed by atoms with Crippen molar-refractivity contribution in [1.29, 1.82) is 0 Å². The lowest BCUT2D eigenvalue weighted by atomic mass is 9.99. The molecule has 0 bridgehead atoms. The van der Waals surface area contributed by atoms with E-state index in [0.29, 0.717) is 6.42 Å². The van der Waals surface area contributed by atoms with Crippen molar-refractivity contribution in [2.75, 3.05) is 0 Å². The van der Waals surface area contributed by atoms with E-state index in [-0.39, 0.29) is 11.8 Å².